The number of aliphatic hydroxyl groups excluding tert-OH is 1. The first-order chi connectivity index (χ1) is 44.8. The molecule has 0 aromatic carbocycles. The van der Waals surface area contributed by atoms with Crippen molar-refractivity contribution in [2.75, 3.05) is 39.6 Å². The number of carbonyl (C=O) groups excluding carboxylic acids is 4. The zero-order valence-electron chi connectivity index (χ0n) is 60.7. The van der Waals surface area contributed by atoms with E-state index in [4.69, 9.17) is 37.0 Å². The zero-order chi connectivity index (χ0) is 68.7. The first-order valence-electron chi connectivity index (χ1n) is 38.4. The van der Waals surface area contributed by atoms with Gasteiger partial charge in [-0.2, -0.15) is 0 Å². The van der Waals surface area contributed by atoms with Crippen molar-refractivity contribution in [3.8, 4) is 0 Å². The minimum absolute atomic E-state index is 0.106. The van der Waals surface area contributed by atoms with Gasteiger partial charge < -0.3 is 33.8 Å². The quantitative estimate of drug-likeness (QED) is 0.0222. The second kappa shape index (κ2) is 64.7. The smallest absolute Gasteiger partial charge is 0.462 e. The summed E-state index contributed by atoms with van der Waals surface area (Å²) in [5.74, 6) is 0.190. The van der Waals surface area contributed by atoms with Crippen molar-refractivity contribution in [2.24, 2.45) is 17.8 Å². The van der Waals surface area contributed by atoms with Crippen molar-refractivity contribution in [3.63, 3.8) is 0 Å². The van der Waals surface area contributed by atoms with Crippen molar-refractivity contribution >= 4 is 39.5 Å². The molecule has 6 atom stereocenters. The van der Waals surface area contributed by atoms with Crippen LogP contribution >= 0.6 is 15.6 Å². The maximum atomic E-state index is 13.1. The Morgan fingerprint density at radius 1 is 0.312 bits per heavy atom. The van der Waals surface area contributed by atoms with E-state index in [1.165, 1.54) is 180 Å². The van der Waals surface area contributed by atoms with Crippen molar-refractivity contribution in [3.05, 3.63) is 0 Å². The molecule has 0 aliphatic heterocycles. The van der Waals surface area contributed by atoms with Gasteiger partial charge in [0.05, 0.1) is 26.4 Å². The number of esters is 4. The molecule has 0 radical (unpaired) electrons. The van der Waals surface area contributed by atoms with Gasteiger partial charge in [0.15, 0.2) is 12.2 Å². The Balaban J connectivity index is 5.25. The summed E-state index contributed by atoms with van der Waals surface area (Å²) in [7, 11) is -9.91. The van der Waals surface area contributed by atoms with Crippen LogP contribution in [0.25, 0.3) is 0 Å². The van der Waals surface area contributed by atoms with Crippen LogP contribution in [-0.4, -0.2) is 96.7 Å². The number of phosphoric ester groups is 2. The molecule has 3 unspecified atom stereocenters. The molecular formula is C74H144O17P2. The van der Waals surface area contributed by atoms with Gasteiger partial charge >= 0.3 is 39.5 Å². The number of aliphatic hydroxyl groups is 1. The molecular weight excluding hydrogens is 1220 g/mol. The van der Waals surface area contributed by atoms with Gasteiger partial charge in [0.1, 0.15) is 19.3 Å². The molecule has 93 heavy (non-hydrogen) atoms. The third-order valence-electron chi connectivity index (χ3n) is 17.5. The number of carbonyl (C=O) groups is 4. The Hall–Kier alpha value is -1.94. The highest BCUT2D eigenvalue weighted by molar-refractivity contribution is 7.47. The molecule has 552 valence electrons. The third-order valence-corrected chi connectivity index (χ3v) is 19.4. The number of hydrogen-bond donors (Lipinski definition) is 3. The molecule has 17 nitrogen and oxygen atoms in total. The van der Waals surface area contributed by atoms with Gasteiger partial charge in [-0.25, -0.2) is 9.13 Å². The first kappa shape index (κ1) is 91.1. The summed E-state index contributed by atoms with van der Waals surface area (Å²) in [6.07, 6.45) is 49.9. The fraction of sp³-hybridized carbons (Fsp3) is 0.946. The third kappa shape index (κ3) is 67.0. The number of unbranched alkanes of at least 4 members (excludes halogenated alkanes) is 39. The highest BCUT2D eigenvalue weighted by Crippen LogP contribution is 2.45. The largest absolute Gasteiger partial charge is 0.472 e. The number of rotatable bonds is 72. The van der Waals surface area contributed by atoms with E-state index in [1.54, 1.807) is 0 Å². The molecule has 19 heteroatoms. The van der Waals surface area contributed by atoms with Gasteiger partial charge in [0.2, 0.25) is 0 Å². The van der Waals surface area contributed by atoms with Gasteiger partial charge in [-0.05, 0) is 43.4 Å². The van der Waals surface area contributed by atoms with E-state index in [-0.39, 0.29) is 25.7 Å². The summed E-state index contributed by atoms with van der Waals surface area (Å²) in [6.45, 7) is 11.9. The lowest BCUT2D eigenvalue weighted by Gasteiger charge is -2.21. The zero-order valence-corrected chi connectivity index (χ0v) is 62.5. The molecule has 0 rings (SSSR count). The predicted octanol–water partition coefficient (Wildman–Crippen LogP) is 21.4. The van der Waals surface area contributed by atoms with E-state index in [2.05, 4.69) is 48.5 Å². The standard InChI is InChI=1S/C74H144O17P2/c1-8-10-11-12-13-14-15-21-28-35-43-50-57-73(78)91-70(62-85-72(77)56-49-42-37-30-32-39-46-53-66(5)6)64-89-93(82,83)87-60-68(75)59-86-92(80,81)88-63-69(61-84-71(76)55-48-41-34-27-24-23-26-33-40-47-54-67(7)9-2)90-74(79)58-51-44-36-29-22-19-17-16-18-20-25-31-38-45-52-65(3)4/h65-70,75H,8-64H2,1-7H3,(H,80,81)(H,82,83)/t67?,68-,69-,70-/m1/s1. The Morgan fingerprint density at radius 2 is 0.548 bits per heavy atom. The average Bonchev–Trinajstić information content (AvgIpc) is 2.08. The summed E-state index contributed by atoms with van der Waals surface area (Å²) >= 11 is 0. The van der Waals surface area contributed by atoms with Crippen LogP contribution in [0.3, 0.4) is 0 Å². The van der Waals surface area contributed by atoms with Crippen LogP contribution in [-0.2, 0) is 65.4 Å². The van der Waals surface area contributed by atoms with Gasteiger partial charge in [0.25, 0.3) is 0 Å². The van der Waals surface area contributed by atoms with Crippen molar-refractivity contribution < 1.29 is 80.2 Å². The highest BCUT2D eigenvalue weighted by atomic mass is 31.2. The molecule has 0 aliphatic rings. The van der Waals surface area contributed by atoms with Crippen LogP contribution in [0.15, 0.2) is 0 Å². The van der Waals surface area contributed by atoms with Crippen molar-refractivity contribution in [1.29, 1.82) is 0 Å². The molecule has 0 aliphatic carbocycles. The molecule has 0 aromatic heterocycles. The van der Waals surface area contributed by atoms with Crippen LogP contribution in [0.5, 0.6) is 0 Å². The van der Waals surface area contributed by atoms with E-state index in [1.807, 2.05) is 0 Å². The van der Waals surface area contributed by atoms with Gasteiger partial charge in [0, 0.05) is 25.7 Å². The summed E-state index contributed by atoms with van der Waals surface area (Å²) in [6, 6.07) is 0. The van der Waals surface area contributed by atoms with E-state index < -0.39 is 97.5 Å². The monoisotopic (exact) mass is 1370 g/mol. The average molecular weight is 1370 g/mol. The van der Waals surface area contributed by atoms with Crippen LogP contribution in [0.1, 0.15) is 376 Å². The van der Waals surface area contributed by atoms with Gasteiger partial charge in [-0.3, -0.25) is 37.3 Å². The SMILES string of the molecule is CCCCCCCCCCCCCCC(=O)O[C@H](COC(=O)CCCCCCCCCC(C)C)COP(=O)(O)OC[C@H](O)COP(=O)(O)OC[C@@H](COC(=O)CCCCCCCCCCCCC(C)CC)OC(=O)CCCCCCCCCCCCCCCCC(C)C. The molecule has 3 N–H and O–H groups in total. The van der Waals surface area contributed by atoms with Crippen LogP contribution < -0.4 is 0 Å². The number of phosphoric acid groups is 2. The van der Waals surface area contributed by atoms with Crippen LogP contribution in [0, 0.1) is 17.8 Å². The lowest BCUT2D eigenvalue weighted by atomic mass is 9.99. The normalized spacial score (nSPS) is 14.4. The fourth-order valence-corrected chi connectivity index (χ4v) is 12.8. The molecule has 0 saturated heterocycles. The molecule has 0 amide bonds. The van der Waals surface area contributed by atoms with Crippen molar-refractivity contribution in [1.82, 2.24) is 0 Å². The van der Waals surface area contributed by atoms with Gasteiger partial charge in [-0.15, -0.1) is 0 Å². The minimum Gasteiger partial charge on any atom is -0.462 e. The topological polar surface area (TPSA) is 237 Å². The van der Waals surface area contributed by atoms with Crippen LogP contribution in [0.4, 0.5) is 0 Å². The Bertz CT molecular complexity index is 1820. The minimum atomic E-state index is -4.96. The molecule has 0 bridgehead atoms. The highest BCUT2D eigenvalue weighted by Gasteiger charge is 2.30. The maximum Gasteiger partial charge on any atom is 0.472 e. The molecule has 0 heterocycles. The first-order valence-corrected chi connectivity index (χ1v) is 41.4. The summed E-state index contributed by atoms with van der Waals surface area (Å²) in [4.78, 5) is 72.7. The lowest BCUT2D eigenvalue weighted by molar-refractivity contribution is -0.161. The molecule has 0 aromatic rings. The number of hydrogen-bond acceptors (Lipinski definition) is 15. The van der Waals surface area contributed by atoms with E-state index in [0.717, 1.165) is 108 Å². The molecule has 0 fully saturated rings. The number of ether oxygens (including phenoxy) is 4. The van der Waals surface area contributed by atoms with Gasteiger partial charge in [-0.1, -0.05) is 325 Å². The molecule has 0 spiro atoms. The van der Waals surface area contributed by atoms with Crippen molar-refractivity contribution in [2.45, 2.75) is 394 Å². The van der Waals surface area contributed by atoms with E-state index in [9.17, 15) is 43.2 Å². The van der Waals surface area contributed by atoms with E-state index in [0.29, 0.717) is 31.6 Å². The molecule has 0 saturated carbocycles. The fourth-order valence-electron chi connectivity index (χ4n) is 11.2. The maximum absolute atomic E-state index is 13.1. The Kier molecular flexibility index (Phi) is 63.4. The lowest BCUT2D eigenvalue weighted by Crippen LogP contribution is -2.30. The second-order valence-corrected chi connectivity index (χ2v) is 30.8. The second-order valence-electron chi connectivity index (χ2n) is 27.9. The Labute approximate surface area is 568 Å². The predicted molar refractivity (Wildman–Crippen MR) is 377 cm³/mol. The Morgan fingerprint density at radius 3 is 0.817 bits per heavy atom. The summed E-state index contributed by atoms with van der Waals surface area (Å²) < 4.78 is 68.4. The summed E-state index contributed by atoms with van der Waals surface area (Å²) in [5.41, 5.74) is 0. The van der Waals surface area contributed by atoms with Crippen LogP contribution in [0.2, 0.25) is 0 Å². The van der Waals surface area contributed by atoms with E-state index >= 15 is 0 Å². The summed E-state index contributed by atoms with van der Waals surface area (Å²) in [5, 5.41) is 10.6.